The molecule has 1 rings (SSSR count). The Balaban J connectivity index is 2.42. The maximum atomic E-state index is 12.8. The SMILES string of the molecule is CCOP(=O)(OCC)OCCCCNC(=O)c1ccccc1SC/C=C(\C)CC/C=C(\C)CCC=C(C)C. The van der Waals surface area contributed by atoms with Gasteiger partial charge in [-0.15, -0.1) is 11.8 Å². The van der Waals surface area contributed by atoms with Crippen molar-refractivity contribution in [3.05, 3.63) is 64.8 Å². The molecule has 1 amide bonds. The first kappa shape index (κ1) is 34.4. The van der Waals surface area contributed by atoms with Crippen LogP contribution in [0.3, 0.4) is 0 Å². The van der Waals surface area contributed by atoms with Gasteiger partial charge in [-0.1, -0.05) is 47.1 Å². The van der Waals surface area contributed by atoms with Gasteiger partial charge in [0.1, 0.15) is 0 Å². The quantitative estimate of drug-likeness (QED) is 0.0736. The van der Waals surface area contributed by atoms with Gasteiger partial charge in [0, 0.05) is 17.2 Å². The molecule has 0 aliphatic rings. The lowest BCUT2D eigenvalue weighted by atomic mass is 10.1. The summed E-state index contributed by atoms with van der Waals surface area (Å²) >= 11 is 1.68. The van der Waals surface area contributed by atoms with Gasteiger partial charge in [-0.3, -0.25) is 18.4 Å². The Morgan fingerprint density at radius 2 is 1.53 bits per heavy atom. The van der Waals surface area contributed by atoms with Gasteiger partial charge in [-0.25, -0.2) is 4.57 Å². The predicted molar refractivity (Wildman–Crippen MR) is 161 cm³/mol. The molecular weight excluding hydrogens is 517 g/mol. The van der Waals surface area contributed by atoms with Gasteiger partial charge in [0.15, 0.2) is 0 Å². The van der Waals surface area contributed by atoms with Gasteiger partial charge < -0.3 is 5.32 Å². The van der Waals surface area contributed by atoms with Crippen molar-refractivity contribution >= 4 is 25.5 Å². The number of hydrogen-bond donors (Lipinski definition) is 1. The highest BCUT2D eigenvalue weighted by Gasteiger charge is 2.24. The standard InChI is InChI=1S/C30H48NO5PS/c1-7-34-37(33,35-8-2)36-23-12-11-22-31-30(32)28-19-9-10-20-29(28)38-24-21-27(6)18-14-17-26(5)16-13-15-25(3)4/h9-10,15,17,19-21H,7-8,11-14,16,18,22-24H2,1-6H3,(H,31,32)/b26-17+,27-21+. The number of nitrogens with one attached hydrogen (secondary N) is 1. The van der Waals surface area contributed by atoms with Crippen LogP contribution < -0.4 is 5.32 Å². The topological polar surface area (TPSA) is 73.9 Å². The Labute approximate surface area is 235 Å². The molecule has 0 fully saturated rings. The van der Waals surface area contributed by atoms with E-state index >= 15 is 0 Å². The molecule has 1 aromatic rings. The van der Waals surface area contributed by atoms with Gasteiger partial charge in [0.25, 0.3) is 5.91 Å². The summed E-state index contributed by atoms with van der Waals surface area (Å²) < 4.78 is 27.8. The molecule has 0 saturated heterocycles. The number of allylic oxidation sites excluding steroid dienone is 5. The molecule has 6 nitrogen and oxygen atoms in total. The third kappa shape index (κ3) is 15.7. The normalized spacial score (nSPS) is 12.5. The minimum Gasteiger partial charge on any atom is -0.352 e. The third-order valence-electron chi connectivity index (χ3n) is 5.61. The van der Waals surface area contributed by atoms with Crippen molar-refractivity contribution < 1.29 is 22.9 Å². The van der Waals surface area contributed by atoms with E-state index in [9.17, 15) is 9.36 Å². The van der Waals surface area contributed by atoms with E-state index in [1.165, 1.54) is 16.7 Å². The number of phosphoric acid groups is 1. The summed E-state index contributed by atoms with van der Waals surface area (Å²) in [5, 5.41) is 2.98. The largest absolute Gasteiger partial charge is 0.474 e. The Kier molecular flexibility index (Phi) is 18.4. The van der Waals surface area contributed by atoms with Crippen LogP contribution >= 0.6 is 19.6 Å². The predicted octanol–water partition coefficient (Wildman–Crippen LogP) is 8.91. The highest BCUT2D eigenvalue weighted by atomic mass is 32.2. The van der Waals surface area contributed by atoms with Gasteiger partial charge >= 0.3 is 7.82 Å². The van der Waals surface area contributed by atoms with E-state index in [-0.39, 0.29) is 25.7 Å². The summed E-state index contributed by atoms with van der Waals surface area (Å²) in [6.07, 6.45) is 12.6. The van der Waals surface area contributed by atoms with E-state index < -0.39 is 7.82 Å². The van der Waals surface area contributed by atoms with E-state index in [0.717, 1.165) is 36.3 Å². The monoisotopic (exact) mass is 565 g/mol. The van der Waals surface area contributed by atoms with E-state index in [1.54, 1.807) is 25.6 Å². The van der Waals surface area contributed by atoms with Crippen LogP contribution in [0.1, 0.15) is 90.4 Å². The summed E-state index contributed by atoms with van der Waals surface area (Å²) in [7, 11) is -3.48. The molecule has 38 heavy (non-hydrogen) atoms. The summed E-state index contributed by atoms with van der Waals surface area (Å²) in [6.45, 7) is 13.4. The molecule has 214 valence electrons. The van der Waals surface area contributed by atoms with E-state index in [2.05, 4.69) is 51.2 Å². The molecule has 0 aromatic heterocycles. The third-order valence-corrected chi connectivity index (χ3v) is 8.25. The number of phosphoric ester groups is 1. The second kappa shape index (κ2) is 20.3. The maximum absolute atomic E-state index is 12.8. The van der Waals surface area contributed by atoms with Crippen molar-refractivity contribution in [3.8, 4) is 0 Å². The first-order valence-corrected chi connectivity index (χ1v) is 16.1. The first-order chi connectivity index (χ1) is 18.2. The van der Waals surface area contributed by atoms with Crippen LogP contribution in [0.5, 0.6) is 0 Å². The van der Waals surface area contributed by atoms with Gasteiger partial charge in [-0.05, 0) is 92.2 Å². The molecule has 8 heteroatoms. The van der Waals surface area contributed by atoms with E-state index in [0.29, 0.717) is 24.9 Å². The van der Waals surface area contributed by atoms with E-state index in [1.807, 2.05) is 24.3 Å². The summed E-state index contributed by atoms with van der Waals surface area (Å²) in [5.41, 5.74) is 4.89. The second-order valence-corrected chi connectivity index (χ2v) is 12.1. The lowest BCUT2D eigenvalue weighted by molar-refractivity contribution is 0.0945. The average molecular weight is 566 g/mol. The van der Waals surface area contributed by atoms with Crippen LogP contribution in [0.15, 0.2) is 64.1 Å². The van der Waals surface area contributed by atoms with Crippen molar-refractivity contribution in [1.29, 1.82) is 0 Å². The number of carbonyl (C=O) groups excluding carboxylic acids is 1. The zero-order valence-electron chi connectivity index (χ0n) is 24.2. The molecule has 1 aromatic carbocycles. The maximum Gasteiger partial charge on any atom is 0.474 e. The zero-order valence-corrected chi connectivity index (χ0v) is 25.9. The Morgan fingerprint density at radius 1 is 0.895 bits per heavy atom. The fraction of sp³-hybridized carbons (Fsp3) is 0.567. The lowest BCUT2D eigenvalue weighted by Crippen LogP contribution is -2.25. The van der Waals surface area contributed by atoms with Crippen molar-refractivity contribution in [2.75, 3.05) is 32.1 Å². The fourth-order valence-corrected chi connectivity index (χ4v) is 5.77. The second-order valence-electron chi connectivity index (χ2n) is 9.35. The number of thioether (sulfide) groups is 1. The Morgan fingerprint density at radius 3 is 2.18 bits per heavy atom. The van der Waals surface area contributed by atoms with Crippen molar-refractivity contribution in [1.82, 2.24) is 5.32 Å². The molecule has 1 N–H and O–H groups in total. The van der Waals surface area contributed by atoms with Gasteiger partial charge in [0.05, 0.1) is 25.4 Å². The lowest BCUT2D eigenvalue weighted by Gasteiger charge is -2.16. The fourth-order valence-electron chi connectivity index (χ4n) is 3.52. The molecule has 0 aliphatic carbocycles. The molecule has 0 aliphatic heterocycles. The summed E-state index contributed by atoms with van der Waals surface area (Å²) in [4.78, 5) is 13.8. The van der Waals surface area contributed by atoms with Crippen molar-refractivity contribution in [3.63, 3.8) is 0 Å². The molecule has 0 bridgehead atoms. The molecule has 0 saturated carbocycles. The Bertz CT molecular complexity index is 959. The highest BCUT2D eigenvalue weighted by molar-refractivity contribution is 7.99. The molecular formula is C30H48NO5PS. The van der Waals surface area contributed by atoms with E-state index in [4.69, 9.17) is 13.6 Å². The number of amides is 1. The molecule has 0 heterocycles. The Hall–Kier alpha value is -1.63. The van der Waals surface area contributed by atoms with Crippen LogP contribution in [0.2, 0.25) is 0 Å². The van der Waals surface area contributed by atoms with Crippen LogP contribution in [-0.4, -0.2) is 38.0 Å². The average Bonchev–Trinajstić information content (AvgIpc) is 2.86. The van der Waals surface area contributed by atoms with Crippen molar-refractivity contribution in [2.45, 2.75) is 85.0 Å². The summed E-state index contributed by atoms with van der Waals surface area (Å²) in [5.74, 6) is 0.744. The van der Waals surface area contributed by atoms with Crippen LogP contribution in [0, 0.1) is 0 Å². The number of unbranched alkanes of at least 4 members (excludes halogenated alkanes) is 1. The van der Waals surface area contributed by atoms with Crippen molar-refractivity contribution in [2.24, 2.45) is 0 Å². The minimum atomic E-state index is -3.48. The number of benzene rings is 1. The van der Waals surface area contributed by atoms with Gasteiger partial charge in [0.2, 0.25) is 0 Å². The summed E-state index contributed by atoms with van der Waals surface area (Å²) in [6, 6.07) is 7.71. The molecule has 0 radical (unpaired) electrons. The molecule has 0 unspecified atom stereocenters. The molecule has 0 spiro atoms. The molecule has 0 atom stereocenters. The number of rotatable bonds is 20. The van der Waals surface area contributed by atoms with Crippen LogP contribution in [0.4, 0.5) is 0 Å². The minimum absolute atomic E-state index is 0.0854. The smallest absolute Gasteiger partial charge is 0.352 e. The van der Waals surface area contributed by atoms with Crippen LogP contribution in [-0.2, 0) is 18.1 Å². The first-order valence-electron chi connectivity index (χ1n) is 13.7. The number of carbonyl (C=O) groups is 1. The zero-order chi connectivity index (χ0) is 28.2. The highest BCUT2D eigenvalue weighted by Crippen LogP contribution is 2.49. The van der Waals surface area contributed by atoms with Crippen LogP contribution in [0.25, 0.3) is 0 Å². The number of hydrogen-bond acceptors (Lipinski definition) is 6. The van der Waals surface area contributed by atoms with Gasteiger partial charge in [-0.2, -0.15) is 0 Å².